The molecule has 0 amide bonds. The van der Waals surface area contributed by atoms with Crippen LogP contribution >= 0.6 is 21.7 Å². The van der Waals surface area contributed by atoms with Gasteiger partial charge in [0.1, 0.15) is 0 Å². The number of nitrogens with zero attached hydrogens (tertiary/aromatic N) is 2. The van der Waals surface area contributed by atoms with E-state index in [4.69, 9.17) is 10.7 Å². The second-order valence-electron chi connectivity index (χ2n) is 2.20. The molecule has 0 unspecified atom stereocenters. The van der Waals surface area contributed by atoms with Gasteiger partial charge in [-0.1, -0.05) is 0 Å². The molecule has 0 spiro atoms. The maximum atomic E-state index is 5.61. The van der Waals surface area contributed by atoms with Gasteiger partial charge in [-0.05, 0) is 35.5 Å². The predicted octanol–water partition coefficient (Wildman–Crippen LogP) is 2.28. The molecule has 0 saturated carbocycles. The van der Waals surface area contributed by atoms with Gasteiger partial charge in [0.05, 0.1) is 16.3 Å². The Morgan fingerprint density at radius 2 is 2.10 bits per heavy atom. The Balaban J connectivity index is 3.20. The van der Waals surface area contributed by atoms with Crippen LogP contribution in [0.2, 0.25) is 0 Å². The highest BCUT2D eigenvalue weighted by Gasteiger charge is 2.07. The number of hydrogen-bond donors (Lipinski definition) is 0. The smallest absolute Gasteiger partial charge is 0.0744 e. The molecule has 56 valence electrons. The molecule has 1 aromatic rings. The standard InChI is InChI=1S/C6H9ClN2S/c1-4-6(10-7)5(2)9(3)8-4/h1-3H3. The van der Waals surface area contributed by atoms with Crippen molar-refractivity contribution in [2.24, 2.45) is 7.05 Å². The lowest BCUT2D eigenvalue weighted by molar-refractivity contribution is 0.730. The van der Waals surface area contributed by atoms with E-state index >= 15 is 0 Å². The maximum Gasteiger partial charge on any atom is 0.0744 e. The Hall–Kier alpha value is -0.150. The van der Waals surface area contributed by atoms with E-state index in [1.807, 2.05) is 25.6 Å². The van der Waals surface area contributed by atoms with E-state index < -0.39 is 0 Å². The van der Waals surface area contributed by atoms with Crippen molar-refractivity contribution in [3.8, 4) is 0 Å². The molecular formula is C6H9ClN2S. The van der Waals surface area contributed by atoms with Crippen LogP contribution in [0.1, 0.15) is 11.4 Å². The van der Waals surface area contributed by atoms with Gasteiger partial charge < -0.3 is 0 Å². The summed E-state index contributed by atoms with van der Waals surface area (Å²) >= 11 is 0. The fourth-order valence-corrected chi connectivity index (χ4v) is 1.93. The molecule has 1 rings (SSSR count). The van der Waals surface area contributed by atoms with Gasteiger partial charge in [-0.3, -0.25) is 4.68 Å². The van der Waals surface area contributed by atoms with Crippen LogP contribution in [0, 0.1) is 13.8 Å². The molecule has 0 fully saturated rings. The lowest BCUT2D eigenvalue weighted by Gasteiger charge is -1.92. The average Bonchev–Trinajstić information content (AvgIpc) is 2.09. The van der Waals surface area contributed by atoms with Gasteiger partial charge in [0.2, 0.25) is 0 Å². The molecule has 0 N–H and O–H groups in total. The molecule has 10 heavy (non-hydrogen) atoms. The first kappa shape index (κ1) is 7.95. The van der Waals surface area contributed by atoms with Crippen LogP contribution in [0.25, 0.3) is 0 Å². The van der Waals surface area contributed by atoms with Gasteiger partial charge in [-0.2, -0.15) is 5.10 Å². The summed E-state index contributed by atoms with van der Waals surface area (Å²) in [6, 6.07) is 0. The molecule has 0 atom stereocenters. The van der Waals surface area contributed by atoms with E-state index in [0.717, 1.165) is 16.3 Å². The number of aryl methyl sites for hydroxylation is 2. The first-order chi connectivity index (χ1) is 4.66. The van der Waals surface area contributed by atoms with Crippen LogP contribution < -0.4 is 0 Å². The Bertz CT molecular complexity index is 244. The number of rotatable bonds is 1. The monoisotopic (exact) mass is 176 g/mol. The molecule has 2 nitrogen and oxygen atoms in total. The summed E-state index contributed by atoms with van der Waals surface area (Å²) in [4.78, 5) is 1.07. The van der Waals surface area contributed by atoms with E-state index in [1.54, 1.807) is 0 Å². The zero-order chi connectivity index (χ0) is 7.72. The molecule has 0 aliphatic carbocycles. The van der Waals surface area contributed by atoms with Crippen LogP contribution in [-0.2, 0) is 7.05 Å². The molecular weight excluding hydrogens is 168 g/mol. The Labute approximate surface area is 69.1 Å². The van der Waals surface area contributed by atoms with Gasteiger partial charge >= 0.3 is 0 Å². The second-order valence-corrected chi connectivity index (χ2v) is 3.23. The van der Waals surface area contributed by atoms with Gasteiger partial charge in [0.25, 0.3) is 0 Å². The van der Waals surface area contributed by atoms with E-state index in [0.29, 0.717) is 0 Å². The summed E-state index contributed by atoms with van der Waals surface area (Å²) in [5.74, 6) is 0. The largest absolute Gasteiger partial charge is 0.271 e. The molecule has 0 radical (unpaired) electrons. The van der Waals surface area contributed by atoms with Crippen molar-refractivity contribution in [3.63, 3.8) is 0 Å². The summed E-state index contributed by atoms with van der Waals surface area (Å²) in [6.07, 6.45) is 0. The van der Waals surface area contributed by atoms with E-state index in [1.165, 1.54) is 11.0 Å². The summed E-state index contributed by atoms with van der Waals surface area (Å²) in [5.41, 5.74) is 2.12. The highest BCUT2D eigenvalue weighted by Crippen LogP contribution is 2.27. The predicted molar refractivity (Wildman–Crippen MR) is 44.4 cm³/mol. The van der Waals surface area contributed by atoms with Crippen molar-refractivity contribution in [3.05, 3.63) is 11.4 Å². The SMILES string of the molecule is Cc1nn(C)c(C)c1SCl. The topological polar surface area (TPSA) is 17.8 Å². The molecule has 0 saturated heterocycles. The van der Waals surface area contributed by atoms with Gasteiger partial charge in [-0.15, -0.1) is 0 Å². The minimum absolute atomic E-state index is 1.00. The van der Waals surface area contributed by atoms with Crippen LogP contribution in [0.3, 0.4) is 0 Å². The minimum atomic E-state index is 1.00. The summed E-state index contributed by atoms with van der Waals surface area (Å²) in [5, 5.41) is 4.19. The molecule has 1 aromatic heterocycles. The maximum absolute atomic E-state index is 5.61. The lowest BCUT2D eigenvalue weighted by Crippen LogP contribution is -1.92. The Kier molecular flexibility index (Phi) is 2.26. The van der Waals surface area contributed by atoms with Crippen molar-refractivity contribution in [2.45, 2.75) is 18.7 Å². The Morgan fingerprint density at radius 3 is 2.30 bits per heavy atom. The van der Waals surface area contributed by atoms with Crippen molar-refractivity contribution in [2.75, 3.05) is 0 Å². The molecule has 0 aromatic carbocycles. The third-order valence-electron chi connectivity index (χ3n) is 1.52. The van der Waals surface area contributed by atoms with Crippen LogP contribution in [-0.4, -0.2) is 9.78 Å². The highest BCUT2D eigenvalue weighted by molar-refractivity contribution is 8.21. The van der Waals surface area contributed by atoms with Crippen molar-refractivity contribution in [1.29, 1.82) is 0 Å². The molecule has 0 aliphatic heterocycles. The molecule has 0 aliphatic rings. The first-order valence-electron chi connectivity index (χ1n) is 2.95. The van der Waals surface area contributed by atoms with E-state index in [9.17, 15) is 0 Å². The number of halogens is 1. The van der Waals surface area contributed by atoms with Crippen molar-refractivity contribution >= 4 is 21.7 Å². The third kappa shape index (κ3) is 1.16. The van der Waals surface area contributed by atoms with E-state index in [2.05, 4.69) is 5.10 Å². The zero-order valence-electron chi connectivity index (χ0n) is 6.18. The lowest BCUT2D eigenvalue weighted by atomic mass is 10.4. The summed E-state index contributed by atoms with van der Waals surface area (Å²) in [7, 11) is 8.76. The molecule has 1 heterocycles. The van der Waals surface area contributed by atoms with Gasteiger partial charge in [-0.25, -0.2) is 0 Å². The fourth-order valence-electron chi connectivity index (χ4n) is 0.866. The zero-order valence-corrected chi connectivity index (χ0v) is 7.75. The second kappa shape index (κ2) is 2.84. The normalized spacial score (nSPS) is 10.4. The summed E-state index contributed by atoms with van der Waals surface area (Å²) < 4.78 is 1.83. The van der Waals surface area contributed by atoms with Gasteiger partial charge in [0.15, 0.2) is 0 Å². The van der Waals surface area contributed by atoms with Gasteiger partial charge in [0, 0.05) is 7.05 Å². The fraction of sp³-hybridized carbons (Fsp3) is 0.500. The average molecular weight is 177 g/mol. The highest BCUT2D eigenvalue weighted by atomic mass is 35.7. The van der Waals surface area contributed by atoms with Crippen molar-refractivity contribution < 1.29 is 0 Å². The first-order valence-corrected chi connectivity index (χ1v) is 4.60. The number of hydrogen-bond acceptors (Lipinski definition) is 2. The quantitative estimate of drug-likeness (QED) is 0.654. The van der Waals surface area contributed by atoms with E-state index in [-0.39, 0.29) is 0 Å². The minimum Gasteiger partial charge on any atom is -0.271 e. The number of aromatic nitrogens is 2. The van der Waals surface area contributed by atoms with Crippen LogP contribution in [0.5, 0.6) is 0 Å². The summed E-state index contributed by atoms with van der Waals surface area (Å²) in [6.45, 7) is 3.96. The molecule has 0 bridgehead atoms. The molecule has 4 heteroatoms. The Morgan fingerprint density at radius 1 is 1.50 bits per heavy atom. The third-order valence-corrected chi connectivity index (χ3v) is 2.73. The van der Waals surface area contributed by atoms with Crippen molar-refractivity contribution in [1.82, 2.24) is 9.78 Å². The van der Waals surface area contributed by atoms with Crippen LogP contribution in [0.4, 0.5) is 0 Å². The van der Waals surface area contributed by atoms with Crippen LogP contribution in [0.15, 0.2) is 4.90 Å².